The molecule has 0 aromatic carbocycles. The van der Waals surface area contributed by atoms with E-state index in [9.17, 15) is 8.42 Å². The van der Waals surface area contributed by atoms with Crippen molar-refractivity contribution in [3.8, 4) is 0 Å². The summed E-state index contributed by atoms with van der Waals surface area (Å²) in [5.74, 6) is -0.582. The monoisotopic (exact) mass is 268 g/mol. The van der Waals surface area contributed by atoms with Crippen LogP contribution < -0.4 is 11.5 Å². The molecule has 0 unspecified atom stereocenters. The predicted octanol–water partition coefficient (Wildman–Crippen LogP) is 0.351. The van der Waals surface area contributed by atoms with Crippen molar-refractivity contribution in [2.45, 2.75) is 4.90 Å². The molecule has 0 saturated heterocycles. The van der Waals surface area contributed by atoms with Gasteiger partial charge in [-0.3, -0.25) is 0 Å². The highest BCUT2D eigenvalue weighted by Crippen LogP contribution is 2.22. The Bertz CT molecular complexity index is 510. The lowest BCUT2D eigenvalue weighted by molar-refractivity contribution is 0.597. The lowest BCUT2D eigenvalue weighted by Gasteiger charge is -2.01. The van der Waals surface area contributed by atoms with Crippen LogP contribution in [-0.4, -0.2) is 19.4 Å². The van der Waals surface area contributed by atoms with E-state index >= 15 is 0 Å². The highest BCUT2D eigenvalue weighted by molar-refractivity contribution is 7.90. The molecular weight excluding hydrogens is 263 g/mol. The van der Waals surface area contributed by atoms with Crippen LogP contribution in [0, 0.1) is 0 Å². The number of nitrogens with two attached hydrogens (primary N) is 2. The fourth-order valence-corrected chi connectivity index (χ4v) is 2.29. The number of hydrogen-bond donors (Lipinski definition) is 2. The van der Waals surface area contributed by atoms with E-state index in [2.05, 4.69) is 9.38 Å². The zero-order chi connectivity index (χ0) is 11.6. The van der Waals surface area contributed by atoms with Gasteiger partial charge in [0.15, 0.2) is 5.15 Å². The molecule has 15 heavy (non-hydrogen) atoms. The van der Waals surface area contributed by atoms with Crippen LogP contribution in [-0.2, 0) is 10.0 Å². The minimum Gasteiger partial charge on any atom is -0.369 e. The Balaban J connectivity index is 3.35. The van der Waals surface area contributed by atoms with Crippen molar-refractivity contribution < 1.29 is 8.42 Å². The molecule has 0 bridgehead atoms. The summed E-state index contributed by atoms with van der Waals surface area (Å²) in [4.78, 5) is 3.24. The molecule has 0 aliphatic carbocycles. The highest BCUT2D eigenvalue weighted by Gasteiger charge is 2.18. The second kappa shape index (κ2) is 4.21. The molecule has 0 radical (unpaired) electrons. The van der Waals surface area contributed by atoms with Crippen LogP contribution >= 0.6 is 23.2 Å². The van der Waals surface area contributed by atoms with Gasteiger partial charge in [0.25, 0.3) is 10.0 Å². The second-order valence-electron chi connectivity index (χ2n) is 2.41. The molecular formula is C6H6Cl2N4O2S. The molecule has 82 valence electrons. The van der Waals surface area contributed by atoms with Gasteiger partial charge in [-0.05, 0) is 12.1 Å². The Morgan fingerprint density at radius 1 is 1.33 bits per heavy atom. The fraction of sp³-hybridized carbons (Fsp3) is 0. The Morgan fingerprint density at radius 2 is 1.93 bits per heavy atom. The average Bonchev–Trinajstić information content (AvgIpc) is 1.99. The standard InChI is InChI=1S/C6H6Cl2N4O2S/c7-4-2-1-3(5(8)11-4)15(13,14)12-6(9)10/h1-2H,(H4,9,10,12). The summed E-state index contributed by atoms with van der Waals surface area (Å²) < 4.78 is 26.0. The number of hydrogen-bond acceptors (Lipinski definition) is 3. The van der Waals surface area contributed by atoms with Crippen LogP contribution in [0.25, 0.3) is 0 Å². The molecule has 0 saturated carbocycles. The van der Waals surface area contributed by atoms with Crippen molar-refractivity contribution in [1.82, 2.24) is 4.98 Å². The number of sulfonamides is 1. The van der Waals surface area contributed by atoms with Gasteiger partial charge in [-0.1, -0.05) is 23.2 Å². The molecule has 0 amide bonds. The molecule has 6 nitrogen and oxygen atoms in total. The highest BCUT2D eigenvalue weighted by atomic mass is 35.5. The van der Waals surface area contributed by atoms with Gasteiger partial charge in [0.1, 0.15) is 10.0 Å². The number of rotatable bonds is 2. The second-order valence-corrected chi connectivity index (χ2v) is 4.73. The number of guanidine groups is 1. The Hall–Kier alpha value is -1.05. The van der Waals surface area contributed by atoms with Gasteiger partial charge in [0.05, 0.1) is 0 Å². The Labute approximate surface area is 96.0 Å². The van der Waals surface area contributed by atoms with E-state index in [0.717, 1.165) is 0 Å². The van der Waals surface area contributed by atoms with Gasteiger partial charge in [-0.25, -0.2) is 4.98 Å². The third kappa shape index (κ3) is 2.95. The van der Waals surface area contributed by atoms with Crippen LogP contribution in [0.5, 0.6) is 0 Å². The summed E-state index contributed by atoms with van der Waals surface area (Å²) in [6.07, 6.45) is 0. The number of nitrogens with zero attached hydrogens (tertiary/aromatic N) is 2. The maximum atomic E-state index is 11.5. The van der Waals surface area contributed by atoms with E-state index in [1.165, 1.54) is 12.1 Å². The van der Waals surface area contributed by atoms with E-state index in [1.54, 1.807) is 0 Å². The van der Waals surface area contributed by atoms with E-state index in [4.69, 9.17) is 34.7 Å². The summed E-state index contributed by atoms with van der Waals surface area (Å²) in [6, 6.07) is 2.43. The lowest BCUT2D eigenvalue weighted by Crippen LogP contribution is -2.24. The first-order valence-corrected chi connectivity index (χ1v) is 5.70. The summed E-state index contributed by atoms with van der Waals surface area (Å²) in [6.45, 7) is 0. The van der Waals surface area contributed by atoms with Crippen molar-refractivity contribution in [3.05, 3.63) is 22.4 Å². The van der Waals surface area contributed by atoms with Crippen molar-refractivity contribution in [3.63, 3.8) is 0 Å². The van der Waals surface area contributed by atoms with E-state index in [0.29, 0.717) is 0 Å². The zero-order valence-electron chi connectivity index (χ0n) is 7.18. The number of halogens is 2. The summed E-state index contributed by atoms with van der Waals surface area (Å²) in [5.41, 5.74) is 9.91. The molecule has 0 aliphatic rings. The molecule has 9 heteroatoms. The van der Waals surface area contributed by atoms with Crippen LogP contribution in [0.15, 0.2) is 21.4 Å². The minimum atomic E-state index is -4.02. The minimum absolute atomic E-state index is 0.0728. The van der Waals surface area contributed by atoms with Crippen molar-refractivity contribution in [2.24, 2.45) is 15.9 Å². The molecule has 4 N–H and O–H groups in total. The molecule has 0 aliphatic heterocycles. The smallest absolute Gasteiger partial charge is 0.288 e. The lowest BCUT2D eigenvalue weighted by atomic mass is 10.5. The van der Waals surface area contributed by atoms with Crippen LogP contribution in [0.3, 0.4) is 0 Å². The normalized spacial score (nSPS) is 11.1. The van der Waals surface area contributed by atoms with Crippen molar-refractivity contribution in [2.75, 3.05) is 0 Å². The van der Waals surface area contributed by atoms with E-state index in [1.807, 2.05) is 0 Å². The molecule has 1 aromatic heterocycles. The maximum absolute atomic E-state index is 11.5. The van der Waals surface area contributed by atoms with Gasteiger partial charge in [0, 0.05) is 0 Å². The first kappa shape index (κ1) is 12.0. The Kier molecular flexibility index (Phi) is 3.38. The topological polar surface area (TPSA) is 111 Å². The molecule has 1 aromatic rings. The predicted molar refractivity (Wildman–Crippen MR) is 57.3 cm³/mol. The average molecular weight is 269 g/mol. The van der Waals surface area contributed by atoms with Gasteiger partial charge in [-0.15, -0.1) is 4.40 Å². The summed E-state index contributed by atoms with van der Waals surface area (Å²) in [7, 11) is -4.02. The van der Waals surface area contributed by atoms with Gasteiger partial charge in [-0.2, -0.15) is 8.42 Å². The molecule has 1 heterocycles. The first-order valence-electron chi connectivity index (χ1n) is 3.51. The van der Waals surface area contributed by atoms with Crippen molar-refractivity contribution in [1.29, 1.82) is 0 Å². The molecule has 0 spiro atoms. The molecule has 0 atom stereocenters. The van der Waals surface area contributed by atoms with Gasteiger partial charge in [0.2, 0.25) is 5.96 Å². The molecule has 0 fully saturated rings. The van der Waals surface area contributed by atoms with Crippen LogP contribution in [0.4, 0.5) is 0 Å². The first-order chi connectivity index (χ1) is 6.83. The fourth-order valence-electron chi connectivity index (χ4n) is 0.780. The van der Waals surface area contributed by atoms with E-state index < -0.39 is 16.0 Å². The van der Waals surface area contributed by atoms with Crippen LogP contribution in [0.1, 0.15) is 0 Å². The van der Waals surface area contributed by atoms with Crippen molar-refractivity contribution >= 4 is 39.2 Å². The van der Waals surface area contributed by atoms with Gasteiger partial charge < -0.3 is 11.5 Å². The largest absolute Gasteiger partial charge is 0.369 e. The third-order valence-corrected chi connectivity index (χ3v) is 3.23. The van der Waals surface area contributed by atoms with Crippen LogP contribution in [0.2, 0.25) is 10.3 Å². The quantitative estimate of drug-likeness (QED) is 0.457. The zero-order valence-corrected chi connectivity index (χ0v) is 9.51. The van der Waals surface area contributed by atoms with E-state index in [-0.39, 0.29) is 15.2 Å². The summed E-state index contributed by atoms with van der Waals surface area (Å²) in [5, 5.41) is -0.212. The molecule has 1 rings (SSSR count). The summed E-state index contributed by atoms with van der Waals surface area (Å²) >= 11 is 11.1. The Morgan fingerprint density at radius 3 is 2.40 bits per heavy atom. The SMILES string of the molecule is NC(N)=NS(=O)(=O)c1ccc(Cl)nc1Cl. The maximum Gasteiger partial charge on any atom is 0.288 e. The van der Waals surface area contributed by atoms with Gasteiger partial charge >= 0.3 is 0 Å². The third-order valence-electron chi connectivity index (χ3n) is 1.28. The number of aromatic nitrogens is 1. The number of pyridine rings is 1.